The van der Waals surface area contributed by atoms with Crippen molar-refractivity contribution in [1.29, 1.82) is 0 Å². The molecule has 3 aromatic rings. The molecule has 21 heavy (non-hydrogen) atoms. The molecule has 0 bridgehead atoms. The van der Waals surface area contributed by atoms with Crippen molar-refractivity contribution in [1.82, 2.24) is 4.98 Å². The molecule has 0 aliphatic carbocycles. The Bertz CT molecular complexity index is 805. The van der Waals surface area contributed by atoms with Gasteiger partial charge in [0.2, 0.25) is 0 Å². The number of nitrogens with one attached hydrogen (secondary N) is 1. The lowest BCUT2D eigenvalue weighted by atomic mass is 10.1. The molecule has 4 nitrogen and oxygen atoms in total. The average Bonchev–Trinajstić information content (AvgIpc) is 2.52. The van der Waals surface area contributed by atoms with Gasteiger partial charge in [0.05, 0.1) is 24.0 Å². The maximum absolute atomic E-state index is 13.9. The molecule has 106 valence electrons. The number of nitrogen functional groups attached to an aromatic ring is 1. The zero-order valence-electron chi connectivity index (χ0n) is 11.4. The predicted molar refractivity (Wildman–Crippen MR) is 82.4 cm³/mol. The van der Waals surface area contributed by atoms with Crippen LogP contribution in [0.15, 0.2) is 48.7 Å². The van der Waals surface area contributed by atoms with Gasteiger partial charge in [-0.25, -0.2) is 4.39 Å². The van der Waals surface area contributed by atoms with Gasteiger partial charge in [0.25, 0.3) is 0 Å². The number of ether oxygens (including phenoxy) is 1. The third-order valence-electron chi connectivity index (χ3n) is 3.24. The molecule has 0 saturated heterocycles. The van der Waals surface area contributed by atoms with E-state index >= 15 is 0 Å². The number of pyridine rings is 1. The van der Waals surface area contributed by atoms with E-state index in [-0.39, 0.29) is 5.82 Å². The number of nitrogens with zero attached hydrogens (tertiary/aromatic N) is 1. The topological polar surface area (TPSA) is 60.2 Å². The minimum atomic E-state index is -0.357. The Morgan fingerprint density at radius 1 is 1.14 bits per heavy atom. The van der Waals surface area contributed by atoms with Gasteiger partial charge in [-0.2, -0.15) is 0 Å². The molecule has 3 N–H and O–H groups in total. The molecule has 0 radical (unpaired) electrons. The lowest BCUT2D eigenvalue weighted by Crippen LogP contribution is -1.98. The molecule has 1 aromatic heterocycles. The molecule has 0 aliphatic heterocycles. The molecular formula is C16H14FN3O. The van der Waals surface area contributed by atoms with Gasteiger partial charge in [-0.05, 0) is 36.4 Å². The van der Waals surface area contributed by atoms with Crippen molar-refractivity contribution < 1.29 is 9.13 Å². The van der Waals surface area contributed by atoms with E-state index in [9.17, 15) is 4.39 Å². The molecular weight excluding hydrogens is 269 g/mol. The second kappa shape index (κ2) is 5.28. The third-order valence-corrected chi connectivity index (χ3v) is 3.24. The summed E-state index contributed by atoms with van der Waals surface area (Å²) in [4.78, 5) is 4.26. The summed E-state index contributed by atoms with van der Waals surface area (Å²) in [6, 6.07) is 11.8. The van der Waals surface area contributed by atoms with Crippen molar-refractivity contribution in [2.75, 3.05) is 18.2 Å². The fourth-order valence-electron chi connectivity index (χ4n) is 2.18. The van der Waals surface area contributed by atoms with E-state index in [1.54, 1.807) is 37.6 Å². The van der Waals surface area contributed by atoms with Crippen LogP contribution in [-0.2, 0) is 0 Å². The summed E-state index contributed by atoms with van der Waals surface area (Å²) in [6.45, 7) is 0. The van der Waals surface area contributed by atoms with E-state index in [0.717, 1.165) is 11.1 Å². The van der Waals surface area contributed by atoms with Crippen LogP contribution in [0.2, 0.25) is 0 Å². The largest absolute Gasteiger partial charge is 0.497 e. The standard InChI is InChI=1S/C16H14FN3O/c1-21-10-4-5-12(17)15(9-10)20-14-7-6-13(18)16-11(14)3-2-8-19-16/h2-9,20H,18H2,1H3. The summed E-state index contributed by atoms with van der Waals surface area (Å²) < 4.78 is 19.0. The number of rotatable bonds is 3. The van der Waals surface area contributed by atoms with Crippen molar-refractivity contribution in [3.05, 3.63) is 54.5 Å². The summed E-state index contributed by atoms with van der Waals surface area (Å²) in [5.74, 6) is 0.224. The number of hydrogen-bond acceptors (Lipinski definition) is 4. The first-order chi connectivity index (χ1) is 10.2. The molecule has 3 rings (SSSR count). The van der Waals surface area contributed by atoms with Gasteiger partial charge in [0, 0.05) is 23.3 Å². The summed E-state index contributed by atoms with van der Waals surface area (Å²) in [5.41, 5.74) is 8.25. The van der Waals surface area contributed by atoms with E-state index in [0.29, 0.717) is 22.6 Å². The van der Waals surface area contributed by atoms with Gasteiger partial charge in [0.15, 0.2) is 0 Å². The molecule has 5 heteroatoms. The lowest BCUT2D eigenvalue weighted by molar-refractivity contribution is 0.414. The number of aromatic nitrogens is 1. The van der Waals surface area contributed by atoms with Gasteiger partial charge in [-0.3, -0.25) is 4.98 Å². The smallest absolute Gasteiger partial charge is 0.146 e. The highest BCUT2D eigenvalue weighted by Gasteiger charge is 2.08. The van der Waals surface area contributed by atoms with Crippen LogP contribution in [-0.4, -0.2) is 12.1 Å². The van der Waals surface area contributed by atoms with Crippen molar-refractivity contribution in [2.45, 2.75) is 0 Å². The Morgan fingerprint density at radius 3 is 2.81 bits per heavy atom. The average molecular weight is 283 g/mol. The van der Waals surface area contributed by atoms with Crippen molar-refractivity contribution in [3.8, 4) is 5.75 Å². The van der Waals surface area contributed by atoms with Crippen molar-refractivity contribution in [2.24, 2.45) is 0 Å². The van der Waals surface area contributed by atoms with Crippen LogP contribution in [0.3, 0.4) is 0 Å². The first-order valence-corrected chi connectivity index (χ1v) is 6.43. The van der Waals surface area contributed by atoms with Crippen molar-refractivity contribution >= 4 is 28.0 Å². The molecule has 0 fully saturated rings. The summed E-state index contributed by atoms with van der Waals surface area (Å²) in [7, 11) is 1.54. The van der Waals surface area contributed by atoms with Gasteiger partial charge in [-0.15, -0.1) is 0 Å². The van der Waals surface area contributed by atoms with E-state index < -0.39 is 0 Å². The first kappa shape index (κ1) is 13.2. The number of methoxy groups -OCH3 is 1. The maximum Gasteiger partial charge on any atom is 0.146 e. The Balaban J connectivity index is 2.08. The minimum absolute atomic E-state index is 0.337. The van der Waals surface area contributed by atoms with Crippen LogP contribution in [0.1, 0.15) is 0 Å². The van der Waals surface area contributed by atoms with Crippen LogP contribution in [0.5, 0.6) is 5.75 Å². The highest BCUT2D eigenvalue weighted by atomic mass is 19.1. The molecule has 1 heterocycles. The highest BCUT2D eigenvalue weighted by Crippen LogP contribution is 2.31. The monoisotopic (exact) mass is 283 g/mol. The number of halogens is 1. The fraction of sp³-hybridized carbons (Fsp3) is 0.0625. The van der Waals surface area contributed by atoms with Gasteiger partial charge in [-0.1, -0.05) is 0 Å². The Labute approximate surface area is 121 Å². The maximum atomic E-state index is 13.9. The molecule has 0 aliphatic rings. The third kappa shape index (κ3) is 2.45. The number of fused-ring (bicyclic) bond motifs is 1. The molecule has 0 unspecified atom stereocenters. The second-order valence-corrected chi connectivity index (χ2v) is 4.57. The zero-order valence-corrected chi connectivity index (χ0v) is 11.4. The van der Waals surface area contributed by atoms with Gasteiger partial charge < -0.3 is 15.8 Å². The fourth-order valence-corrected chi connectivity index (χ4v) is 2.18. The summed E-state index contributed by atoms with van der Waals surface area (Å²) >= 11 is 0. The first-order valence-electron chi connectivity index (χ1n) is 6.43. The second-order valence-electron chi connectivity index (χ2n) is 4.57. The van der Waals surface area contributed by atoms with E-state index in [2.05, 4.69) is 10.3 Å². The van der Waals surface area contributed by atoms with E-state index in [1.807, 2.05) is 12.1 Å². The number of benzene rings is 2. The van der Waals surface area contributed by atoms with Gasteiger partial charge in [0.1, 0.15) is 11.6 Å². The van der Waals surface area contributed by atoms with Crippen LogP contribution in [0, 0.1) is 5.82 Å². The Morgan fingerprint density at radius 2 is 2.00 bits per heavy atom. The summed E-state index contributed by atoms with van der Waals surface area (Å²) in [6.07, 6.45) is 1.68. The van der Waals surface area contributed by atoms with E-state index in [4.69, 9.17) is 10.5 Å². The highest BCUT2D eigenvalue weighted by molar-refractivity contribution is 5.99. The Hall–Kier alpha value is -2.82. The predicted octanol–water partition coefficient (Wildman–Crippen LogP) is 3.71. The van der Waals surface area contributed by atoms with Crippen LogP contribution >= 0.6 is 0 Å². The normalized spacial score (nSPS) is 10.6. The lowest BCUT2D eigenvalue weighted by Gasteiger charge is -2.12. The Kier molecular flexibility index (Phi) is 3.31. The SMILES string of the molecule is COc1ccc(F)c(Nc2ccc(N)c3ncccc23)c1. The number of hydrogen-bond donors (Lipinski definition) is 2. The quantitative estimate of drug-likeness (QED) is 0.719. The molecule has 0 atom stereocenters. The molecule has 0 amide bonds. The van der Waals surface area contributed by atoms with Crippen LogP contribution in [0.25, 0.3) is 10.9 Å². The molecule has 2 aromatic carbocycles. The molecule has 0 saturated carbocycles. The van der Waals surface area contributed by atoms with Crippen LogP contribution in [0.4, 0.5) is 21.5 Å². The number of nitrogens with two attached hydrogens (primary N) is 1. The van der Waals surface area contributed by atoms with Crippen molar-refractivity contribution in [3.63, 3.8) is 0 Å². The van der Waals surface area contributed by atoms with Crippen LogP contribution < -0.4 is 15.8 Å². The zero-order chi connectivity index (χ0) is 14.8. The summed E-state index contributed by atoms with van der Waals surface area (Å²) in [5, 5.41) is 3.90. The molecule has 0 spiro atoms. The number of anilines is 3. The minimum Gasteiger partial charge on any atom is -0.497 e. The van der Waals surface area contributed by atoms with Gasteiger partial charge >= 0.3 is 0 Å². The van der Waals surface area contributed by atoms with E-state index in [1.165, 1.54) is 6.07 Å².